The topological polar surface area (TPSA) is 77.8 Å². The molecule has 0 aromatic heterocycles. The lowest BCUT2D eigenvalue weighted by molar-refractivity contribution is -0.159. The molecule has 20 heavy (non-hydrogen) atoms. The van der Waals surface area contributed by atoms with E-state index in [1.54, 1.807) is 20.8 Å². The van der Waals surface area contributed by atoms with Crippen LogP contribution in [0.4, 0.5) is 0 Å². The van der Waals surface area contributed by atoms with Crippen molar-refractivity contribution in [1.82, 2.24) is 0 Å². The number of aliphatic hydroxyl groups excluding tert-OH is 1. The summed E-state index contributed by atoms with van der Waals surface area (Å²) in [6, 6.07) is 0. The molecule has 1 fully saturated rings. The Bertz CT molecular complexity index is 540. The maximum atomic E-state index is 12.7. The summed E-state index contributed by atoms with van der Waals surface area (Å²) < 4.78 is 0. The SMILES string of the molecule is CC1(C)[C@H](O)C2=C(C(=O)[C@](C)(O)C3(CC3)[C@@]2(C)O)[C@@H]1Cl. The second-order valence-corrected chi connectivity index (χ2v) is 7.91. The minimum atomic E-state index is -1.64. The zero-order chi connectivity index (χ0) is 15.3. The van der Waals surface area contributed by atoms with Gasteiger partial charge in [0.1, 0.15) is 5.60 Å². The van der Waals surface area contributed by atoms with E-state index in [-0.39, 0.29) is 5.57 Å². The molecular formula is C15H21ClO4. The van der Waals surface area contributed by atoms with E-state index >= 15 is 0 Å². The molecule has 112 valence electrons. The quantitative estimate of drug-likeness (QED) is 0.587. The number of alkyl halides is 1. The maximum absolute atomic E-state index is 12.7. The molecule has 0 aliphatic heterocycles. The van der Waals surface area contributed by atoms with Crippen molar-refractivity contribution in [3.05, 3.63) is 11.1 Å². The van der Waals surface area contributed by atoms with E-state index in [4.69, 9.17) is 11.6 Å². The van der Waals surface area contributed by atoms with Gasteiger partial charge in [-0.1, -0.05) is 13.8 Å². The Hall–Kier alpha value is -0.420. The zero-order valence-corrected chi connectivity index (χ0v) is 13.0. The van der Waals surface area contributed by atoms with Gasteiger partial charge in [-0.15, -0.1) is 11.6 Å². The van der Waals surface area contributed by atoms with Crippen LogP contribution in [-0.2, 0) is 4.79 Å². The first-order chi connectivity index (χ1) is 8.93. The number of rotatable bonds is 0. The molecule has 0 bridgehead atoms. The first kappa shape index (κ1) is 14.5. The zero-order valence-electron chi connectivity index (χ0n) is 12.2. The van der Waals surface area contributed by atoms with Crippen LogP contribution in [0.2, 0.25) is 0 Å². The van der Waals surface area contributed by atoms with E-state index in [0.717, 1.165) is 0 Å². The molecule has 3 rings (SSSR count). The normalized spacial score (nSPS) is 48.7. The lowest BCUT2D eigenvalue weighted by Gasteiger charge is -2.48. The average Bonchev–Trinajstić information content (AvgIpc) is 3.10. The molecule has 3 N–H and O–H groups in total. The number of aliphatic hydroxyl groups is 3. The molecular weight excluding hydrogens is 280 g/mol. The molecule has 0 radical (unpaired) electrons. The molecule has 0 heterocycles. The molecule has 4 nitrogen and oxygen atoms in total. The number of halogens is 1. The Labute approximate surface area is 123 Å². The van der Waals surface area contributed by atoms with Gasteiger partial charge in [0.05, 0.1) is 17.1 Å². The highest BCUT2D eigenvalue weighted by molar-refractivity contribution is 6.28. The third-order valence-corrected chi connectivity index (χ3v) is 6.78. The summed E-state index contributed by atoms with van der Waals surface area (Å²) in [5, 5.41) is 31.6. The second-order valence-electron chi connectivity index (χ2n) is 7.47. The molecule has 3 aliphatic carbocycles. The van der Waals surface area contributed by atoms with Crippen LogP contribution in [0.1, 0.15) is 40.5 Å². The fourth-order valence-electron chi connectivity index (χ4n) is 4.24. The summed E-state index contributed by atoms with van der Waals surface area (Å²) in [4.78, 5) is 12.7. The largest absolute Gasteiger partial charge is 0.388 e. The summed E-state index contributed by atoms with van der Waals surface area (Å²) in [6.07, 6.45) is 0.151. The van der Waals surface area contributed by atoms with Gasteiger partial charge in [-0.3, -0.25) is 4.79 Å². The molecule has 5 heteroatoms. The molecule has 0 amide bonds. The van der Waals surface area contributed by atoms with Gasteiger partial charge in [0.2, 0.25) is 0 Å². The molecule has 1 spiro atoms. The van der Waals surface area contributed by atoms with Gasteiger partial charge in [-0.05, 0) is 32.3 Å². The van der Waals surface area contributed by atoms with Crippen molar-refractivity contribution in [3.8, 4) is 0 Å². The number of carbonyl (C=O) groups is 1. The summed E-state index contributed by atoms with van der Waals surface area (Å²) in [5.74, 6) is -0.443. The molecule has 1 saturated carbocycles. The number of ketones is 1. The Kier molecular flexibility index (Phi) is 2.53. The van der Waals surface area contributed by atoms with Crippen LogP contribution >= 0.6 is 11.6 Å². The van der Waals surface area contributed by atoms with Crippen molar-refractivity contribution in [2.24, 2.45) is 10.8 Å². The van der Waals surface area contributed by atoms with Crippen molar-refractivity contribution in [3.63, 3.8) is 0 Å². The van der Waals surface area contributed by atoms with Crippen molar-refractivity contribution in [2.45, 2.75) is 63.2 Å². The molecule has 3 aliphatic rings. The smallest absolute Gasteiger partial charge is 0.192 e. The van der Waals surface area contributed by atoms with E-state index in [0.29, 0.717) is 18.4 Å². The van der Waals surface area contributed by atoms with E-state index in [1.807, 2.05) is 0 Å². The van der Waals surface area contributed by atoms with Crippen molar-refractivity contribution in [1.29, 1.82) is 0 Å². The lowest BCUT2D eigenvalue weighted by Crippen LogP contribution is -2.61. The van der Waals surface area contributed by atoms with Gasteiger partial charge in [0.25, 0.3) is 0 Å². The van der Waals surface area contributed by atoms with Crippen LogP contribution in [0.15, 0.2) is 11.1 Å². The Morgan fingerprint density at radius 1 is 1.10 bits per heavy atom. The number of hydrogen-bond donors (Lipinski definition) is 3. The fourth-order valence-corrected chi connectivity index (χ4v) is 4.58. The Morgan fingerprint density at radius 3 is 2.05 bits per heavy atom. The highest BCUT2D eigenvalue weighted by Crippen LogP contribution is 2.69. The standard InChI is InChI=1S/C15H21ClO4/c1-12(2)9(16)7-8(11(12)18)13(3,19)15(5-6-15)14(4,20)10(7)17/h9,11,18-20H,5-6H2,1-4H3/t9-,11+,13-,14-/m0/s1. The summed E-state index contributed by atoms with van der Waals surface area (Å²) in [7, 11) is 0. The van der Waals surface area contributed by atoms with Crippen molar-refractivity contribution >= 4 is 17.4 Å². The van der Waals surface area contributed by atoms with Crippen LogP contribution in [0, 0.1) is 10.8 Å². The summed E-state index contributed by atoms with van der Waals surface area (Å²) >= 11 is 6.37. The fraction of sp³-hybridized carbons (Fsp3) is 0.800. The monoisotopic (exact) mass is 300 g/mol. The predicted molar refractivity (Wildman–Crippen MR) is 74.4 cm³/mol. The van der Waals surface area contributed by atoms with E-state index < -0.39 is 39.3 Å². The van der Waals surface area contributed by atoms with Crippen LogP contribution in [0.3, 0.4) is 0 Å². The number of carbonyl (C=O) groups excluding carboxylic acids is 1. The first-order valence-electron chi connectivity index (χ1n) is 6.99. The molecule has 0 aromatic carbocycles. The molecule has 4 atom stereocenters. The van der Waals surface area contributed by atoms with Crippen molar-refractivity contribution < 1.29 is 20.1 Å². The molecule has 0 unspecified atom stereocenters. The average molecular weight is 301 g/mol. The van der Waals surface area contributed by atoms with E-state index in [1.165, 1.54) is 6.92 Å². The highest BCUT2D eigenvalue weighted by atomic mass is 35.5. The van der Waals surface area contributed by atoms with E-state index in [2.05, 4.69) is 0 Å². The van der Waals surface area contributed by atoms with Crippen LogP contribution in [-0.4, -0.2) is 43.8 Å². The van der Waals surface area contributed by atoms with Crippen molar-refractivity contribution in [2.75, 3.05) is 0 Å². The van der Waals surface area contributed by atoms with Crippen LogP contribution in [0.25, 0.3) is 0 Å². The molecule has 0 saturated heterocycles. The predicted octanol–water partition coefficient (Wildman–Crippen LogP) is 1.16. The van der Waals surface area contributed by atoms with Gasteiger partial charge in [-0.25, -0.2) is 0 Å². The third kappa shape index (κ3) is 1.23. The van der Waals surface area contributed by atoms with Crippen LogP contribution in [0.5, 0.6) is 0 Å². The highest BCUT2D eigenvalue weighted by Gasteiger charge is 2.75. The van der Waals surface area contributed by atoms with Gasteiger partial charge in [0.15, 0.2) is 5.78 Å². The summed E-state index contributed by atoms with van der Waals surface area (Å²) in [5.41, 5.74) is -4.17. The van der Waals surface area contributed by atoms with E-state index in [9.17, 15) is 20.1 Å². The lowest BCUT2D eigenvalue weighted by atomic mass is 9.61. The molecule has 0 aromatic rings. The van der Waals surface area contributed by atoms with Gasteiger partial charge < -0.3 is 15.3 Å². The van der Waals surface area contributed by atoms with Gasteiger partial charge in [0, 0.05) is 16.4 Å². The maximum Gasteiger partial charge on any atom is 0.192 e. The van der Waals surface area contributed by atoms with Crippen LogP contribution < -0.4 is 0 Å². The van der Waals surface area contributed by atoms with Gasteiger partial charge in [-0.2, -0.15) is 0 Å². The minimum absolute atomic E-state index is 0.205. The summed E-state index contributed by atoms with van der Waals surface area (Å²) in [6.45, 7) is 6.59. The minimum Gasteiger partial charge on any atom is -0.388 e. The van der Waals surface area contributed by atoms with Gasteiger partial charge >= 0.3 is 0 Å². The Balaban J connectivity index is 2.28. The third-order valence-electron chi connectivity index (χ3n) is 6.00. The first-order valence-corrected chi connectivity index (χ1v) is 7.43. The number of Topliss-reactive ketones (excluding diaryl/α,β-unsaturated/α-hetero) is 1. The Morgan fingerprint density at radius 2 is 1.60 bits per heavy atom. The number of hydrogen-bond acceptors (Lipinski definition) is 4. The second kappa shape index (κ2) is 3.49.